The van der Waals surface area contributed by atoms with Crippen molar-refractivity contribution in [2.75, 3.05) is 18.9 Å². The van der Waals surface area contributed by atoms with Crippen molar-refractivity contribution in [3.63, 3.8) is 0 Å². The van der Waals surface area contributed by atoms with Gasteiger partial charge in [-0.05, 0) is 18.4 Å². The molecule has 0 bridgehead atoms. The van der Waals surface area contributed by atoms with E-state index in [9.17, 15) is 28.8 Å². The average Bonchev–Trinajstić information content (AvgIpc) is 3.09. The van der Waals surface area contributed by atoms with Gasteiger partial charge in [-0.3, -0.25) is 33.2 Å². The Balaban J connectivity index is 1.76. The molecule has 1 aliphatic rings. The Kier molecular flexibility index (Phi) is 7.22. The zero-order chi connectivity index (χ0) is 25.9. The number of urea groups is 1. The summed E-state index contributed by atoms with van der Waals surface area (Å²) in [4.78, 5) is 75.8. The van der Waals surface area contributed by atoms with Gasteiger partial charge in [0.15, 0.2) is 6.61 Å². The molecule has 12 nitrogen and oxygen atoms in total. The van der Waals surface area contributed by atoms with E-state index in [0.29, 0.717) is 18.4 Å². The van der Waals surface area contributed by atoms with Crippen molar-refractivity contribution in [2.45, 2.75) is 38.8 Å². The number of carbonyl (C=O) groups is 4. The van der Waals surface area contributed by atoms with E-state index in [0.717, 1.165) is 14.0 Å². The van der Waals surface area contributed by atoms with Crippen molar-refractivity contribution < 1.29 is 23.9 Å². The third kappa shape index (κ3) is 4.72. The maximum Gasteiger partial charge on any atom is 0.332 e. The van der Waals surface area contributed by atoms with Gasteiger partial charge < -0.3 is 15.8 Å². The lowest BCUT2D eigenvalue weighted by molar-refractivity contribution is -0.146. The SMILES string of the molecule is CCC1(CC)NC(=O)N(CC(=O)OCC(=O)c2c(N)n(Cc3ccccc3)c(=O)n(C)c2=O)C1=O. The molecule has 3 amide bonds. The van der Waals surface area contributed by atoms with Crippen LogP contribution in [0.5, 0.6) is 0 Å². The molecule has 1 fully saturated rings. The normalized spacial score (nSPS) is 14.7. The van der Waals surface area contributed by atoms with Crippen LogP contribution in [0.2, 0.25) is 0 Å². The summed E-state index contributed by atoms with van der Waals surface area (Å²) in [5, 5.41) is 2.59. The van der Waals surface area contributed by atoms with Crippen LogP contribution in [0.3, 0.4) is 0 Å². The standard InChI is InChI=1S/C23H27N5O7/c1-4-23(5-2)20(32)28(21(33)25-23)12-16(30)35-13-15(29)17-18(24)27(22(34)26(3)19(17)31)11-14-9-7-6-8-10-14/h6-10H,4-5,11-13,24H2,1-3H3,(H,25,33). The van der Waals surface area contributed by atoms with Crippen molar-refractivity contribution in [2.24, 2.45) is 7.05 Å². The second-order valence-corrected chi connectivity index (χ2v) is 8.17. The number of rotatable bonds is 9. The number of hydrogen-bond acceptors (Lipinski definition) is 8. The Labute approximate surface area is 200 Å². The van der Waals surface area contributed by atoms with Gasteiger partial charge in [-0.25, -0.2) is 9.59 Å². The van der Waals surface area contributed by atoms with E-state index in [1.807, 2.05) is 0 Å². The second kappa shape index (κ2) is 9.95. The fourth-order valence-electron chi connectivity index (χ4n) is 3.91. The minimum absolute atomic E-state index is 0.0164. The topological polar surface area (TPSA) is 163 Å². The van der Waals surface area contributed by atoms with Gasteiger partial charge in [-0.15, -0.1) is 0 Å². The number of nitrogens with two attached hydrogens (primary N) is 1. The van der Waals surface area contributed by atoms with Crippen molar-refractivity contribution in [1.29, 1.82) is 0 Å². The van der Waals surface area contributed by atoms with Crippen molar-refractivity contribution >= 4 is 29.5 Å². The molecule has 35 heavy (non-hydrogen) atoms. The minimum atomic E-state index is -1.08. The third-order valence-electron chi connectivity index (χ3n) is 6.15. The van der Waals surface area contributed by atoms with Crippen LogP contribution in [0.4, 0.5) is 10.6 Å². The van der Waals surface area contributed by atoms with Crippen LogP contribution in [0.1, 0.15) is 42.6 Å². The summed E-state index contributed by atoms with van der Waals surface area (Å²) in [5.74, 6) is -2.85. The third-order valence-corrected chi connectivity index (χ3v) is 6.15. The Morgan fingerprint density at radius 3 is 2.26 bits per heavy atom. The molecule has 0 atom stereocenters. The van der Waals surface area contributed by atoms with E-state index in [-0.39, 0.29) is 12.4 Å². The van der Waals surface area contributed by atoms with Crippen LogP contribution in [0.25, 0.3) is 0 Å². The zero-order valence-electron chi connectivity index (χ0n) is 19.7. The Morgan fingerprint density at radius 1 is 1.06 bits per heavy atom. The maximum absolute atomic E-state index is 12.8. The van der Waals surface area contributed by atoms with E-state index < -0.39 is 59.2 Å². The van der Waals surface area contributed by atoms with Crippen LogP contribution in [0, 0.1) is 0 Å². The molecule has 0 unspecified atom stereocenters. The summed E-state index contributed by atoms with van der Waals surface area (Å²) in [5.41, 5.74) is 3.52. The van der Waals surface area contributed by atoms with Crippen molar-refractivity contribution in [3.05, 3.63) is 62.3 Å². The van der Waals surface area contributed by atoms with Gasteiger partial charge in [0.2, 0.25) is 5.78 Å². The summed E-state index contributed by atoms with van der Waals surface area (Å²) in [6, 6.07) is 8.10. The molecule has 1 aromatic heterocycles. The fraction of sp³-hybridized carbons (Fsp3) is 0.391. The number of ketones is 1. The summed E-state index contributed by atoms with van der Waals surface area (Å²) in [6.07, 6.45) is 0.693. The molecule has 2 heterocycles. The minimum Gasteiger partial charge on any atom is -0.456 e. The summed E-state index contributed by atoms with van der Waals surface area (Å²) < 4.78 is 6.76. The summed E-state index contributed by atoms with van der Waals surface area (Å²) in [7, 11) is 1.21. The number of Topliss-reactive ketones (excluding diaryl/α,β-unsaturated/α-hetero) is 1. The van der Waals surface area contributed by atoms with Crippen molar-refractivity contribution in [1.82, 2.24) is 19.4 Å². The lowest BCUT2D eigenvalue weighted by Crippen LogP contribution is -2.46. The number of aromatic nitrogens is 2. The molecule has 3 N–H and O–H groups in total. The van der Waals surface area contributed by atoms with Crippen molar-refractivity contribution in [3.8, 4) is 0 Å². The first-order valence-corrected chi connectivity index (χ1v) is 11.0. The molecule has 0 aliphatic carbocycles. The van der Waals surface area contributed by atoms with E-state index >= 15 is 0 Å². The first kappa shape index (κ1) is 25.4. The fourth-order valence-corrected chi connectivity index (χ4v) is 3.91. The van der Waals surface area contributed by atoms with E-state index in [4.69, 9.17) is 10.5 Å². The number of hydrogen-bond donors (Lipinski definition) is 2. The van der Waals surface area contributed by atoms with Gasteiger partial charge in [0.25, 0.3) is 11.5 Å². The Morgan fingerprint density at radius 2 is 1.69 bits per heavy atom. The van der Waals surface area contributed by atoms with E-state index in [2.05, 4.69) is 5.32 Å². The molecule has 1 aliphatic heterocycles. The number of nitrogens with one attached hydrogen (secondary N) is 1. The van der Waals surface area contributed by atoms with Gasteiger partial charge in [0.1, 0.15) is 23.5 Å². The predicted molar refractivity (Wildman–Crippen MR) is 125 cm³/mol. The number of esters is 1. The van der Waals surface area contributed by atoms with Crippen LogP contribution >= 0.6 is 0 Å². The van der Waals surface area contributed by atoms with E-state index in [1.165, 1.54) is 7.05 Å². The molecule has 1 saturated heterocycles. The number of ether oxygens (including phenoxy) is 1. The maximum atomic E-state index is 12.8. The number of amides is 3. The monoisotopic (exact) mass is 485 g/mol. The Hall–Kier alpha value is -4.22. The highest BCUT2D eigenvalue weighted by Gasteiger charge is 2.49. The van der Waals surface area contributed by atoms with Crippen LogP contribution in [0.15, 0.2) is 39.9 Å². The number of benzene rings is 1. The molecule has 3 rings (SSSR count). The molecule has 186 valence electrons. The van der Waals surface area contributed by atoms with Gasteiger partial charge >= 0.3 is 17.7 Å². The first-order valence-electron chi connectivity index (χ1n) is 11.0. The molecule has 0 spiro atoms. The van der Waals surface area contributed by atoms with Crippen LogP contribution < -0.4 is 22.3 Å². The highest BCUT2D eigenvalue weighted by molar-refractivity contribution is 6.09. The summed E-state index contributed by atoms with van der Waals surface area (Å²) >= 11 is 0. The number of carbonyl (C=O) groups excluding carboxylic acids is 4. The van der Waals surface area contributed by atoms with Gasteiger partial charge in [0.05, 0.1) is 6.54 Å². The second-order valence-electron chi connectivity index (χ2n) is 8.17. The molecule has 12 heteroatoms. The largest absolute Gasteiger partial charge is 0.456 e. The molecule has 0 saturated carbocycles. The predicted octanol–water partition coefficient (Wildman–Crippen LogP) is 0.0140. The number of anilines is 1. The highest BCUT2D eigenvalue weighted by Crippen LogP contribution is 2.24. The molecule has 0 radical (unpaired) electrons. The number of nitrogens with zero attached hydrogens (tertiary/aromatic N) is 3. The number of imide groups is 1. The summed E-state index contributed by atoms with van der Waals surface area (Å²) in [6.45, 7) is 1.94. The lowest BCUT2D eigenvalue weighted by atomic mass is 9.93. The molecular formula is C23H27N5O7. The lowest BCUT2D eigenvalue weighted by Gasteiger charge is -2.22. The van der Waals surface area contributed by atoms with Gasteiger partial charge in [0, 0.05) is 7.05 Å². The van der Waals surface area contributed by atoms with Gasteiger partial charge in [-0.2, -0.15) is 0 Å². The Bertz CT molecular complexity index is 1290. The van der Waals surface area contributed by atoms with E-state index in [1.54, 1.807) is 44.2 Å². The van der Waals surface area contributed by atoms with Crippen LogP contribution in [-0.2, 0) is 27.9 Å². The zero-order valence-corrected chi connectivity index (χ0v) is 19.7. The molecule has 1 aromatic carbocycles. The van der Waals surface area contributed by atoms with Gasteiger partial charge in [-0.1, -0.05) is 44.2 Å². The average molecular weight is 485 g/mol. The molecular weight excluding hydrogens is 458 g/mol. The first-order chi connectivity index (χ1) is 16.6. The smallest absolute Gasteiger partial charge is 0.332 e. The quantitative estimate of drug-likeness (QED) is 0.285. The molecule has 2 aromatic rings. The number of nitrogen functional groups attached to an aromatic ring is 1. The van der Waals surface area contributed by atoms with Crippen LogP contribution in [-0.4, -0.2) is 56.4 Å². The highest BCUT2D eigenvalue weighted by atomic mass is 16.5.